The summed E-state index contributed by atoms with van der Waals surface area (Å²) in [6, 6.07) is 6.92. The molecule has 1 unspecified atom stereocenters. The zero-order valence-electron chi connectivity index (χ0n) is 10.1. The van der Waals surface area contributed by atoms with Crippen molar-refractivity contribution in [1.29, 1.82) is 0 Å². The van der Waals surface area contributed by atoms with Gasteiger partial charge >= 0.3 is 0 Å². The molecule has 96 valence electrons. The predicted octanol–water partition coefficient (Wildman–Crippen LogP) is 1.58. The average molecular weight is 267 g/mol. The quantitative estimate of drug-likeness (QED) is 0.884. The number of amides is 2. The molecule has 1 heterocycles. The Bertz CT molecular complexity index is 459. The maximum Gasteiger partial charge on any atom is 0.245 e. The van der Waals surface area contributed by atoms with Gasteiger partial charge in [0.15, 0.2) is 0 Å². The second-order valence-corrected chi connectivity index (χ2v) is 4.86. The van der Waals surface area contributed by atoms with E-state index in [2.05, 4.69) is 5.32 Å². The van der Waals surface area contributed by atoms with Crippen LogP contribution in [0.4, 0.5) is 0 Å². The van der Waals surface area contributed by atoms with Crippen molar-refractivity contribution in [2.75, 3.05) is 6.54 Å². The minimum atomic E-state index is -0.452. The zero-order valence-corrected chi connectivity index (χ0v) is 10.9. The Balaban J connectivity index is 2.09. The van der Waals surface area contributed by atoms with Crippen molar-refractivity contribution in [2.24, 2.45) is 0 Å². The maximum absolute atomic E-state index is 12.0. The van der Waals surface area contributed by atoms with Crippen LogP contribution in [0.2, 0.25) is 5.02 Å². The second kappa shape index (κ2) is 5.40. The molecule has 0 saturated carbocycles. The minimum Gasteiger partial charge on any atom is -0.345 e. The summed E-state index contributed by atoms with van der Waals surface area (Å²) < 4.78 is 0. The van der Waals surface area contributed by atoms with Crippen LogP contribution in [0.5, 0.6) is 0 Å². The van der Waals surface area contributed by atoms with E-state index >= 15 is 0 Å². The largest absolute Gasteiger partial charge is 0.345 e. The van der Waals surface area contributed by atoms with Gasteiger partial charge in [-0.3, -0.25) is 9.59 Å². The fourth-order valence-electron chi connectivity index (χ4n) is 1.96. The highest BCUT2D eigenvalue weighted by atomic mass is 35.5. The first-order chi connectivity index (χ1) is 8.56. The molecule has 5 heteroatoms. The second-order valence-electron chi connectivity index (χ2n) is 4.43. The van der Waals surface area contributed by atoms with Gasteiger partial charge < -0.3 is 10.2 Å². The summed E-state index contributed by atoms with van der Waals surface area (Å²) in [4.78, 5) is 25.1. The first-order valence-corrected chi connectivity index (χ1v) is 6.26. The first kappa shape index (κ1) is 12.9. The predicted molar refractivity (Wildman–Crippen MR) is 69.1 cm³/mol. The molecule has 0 spiro atoms. The molecule has 0 aliphatic carbocycles. The summed E-state index contributed by atoms with van der Waals surface area (Å²) in [6.07, 6.45) is 0.351. The number of nitrogens with one attached hydrogen (secondary N) is 1. The van der Waals surface area contributed by atoms with Gasteiger partial charge in [-0.1, -0.05) is 23.7 Å². The van der Waals surface area contributed by atoms with Crippen LogP contribution >= 0.6 is 11.6 Å². The molecule has 18 heavy (non-hydrogen) atoms. The molecule has 1 fully saturated rings. The van der Waals surface area contributed by atoms with Crippen molar-refractivity contribution in [3.05, 3.63) is 34.9 Å². The van der Waals surface area contributed by atoms with Crippen molar-refractivity contribution in [1.82, 2.24) is 10.2 Å². The molecule has 1 atom stereocenters. The first-order valence-electron chi connectivity index (χ1n) is 5.89. The lowest BCUT2D eigenvalue weighted by molar-refractivity contribution is -0.133. The molecule has 2 amide bonds. The van der Waals surface area contributed by atoms with Crippen molar-refractivity contribution in [3.63, 3.8) is 0 Å². The van der Waals surface area contributed by atoms with Crippen molar-refractivity contribution in [3.8, 4) is 0 Å². The third-order valence-electron chi connectivity index (χ3n) is 2.96. The zero-order chi connectivity index (χ0) is 13.1. The molecule has 0 aromatic heterocycles. The van der Waals surface area contributed by atoms with Crippen molar-refractivity contribution >= 4 is 23.4 Å². The van der Waals surface area contributed by atoms with Gasteiger partial charge in [-0.2, -0.15) is 0 Å². The smallest absolute Gasteiger partial charge is 0.245 e. The Labute approximate surface area is 111 Å². The molecule has 0 bridgehead atoms. The molecular weight excluding hydrogens is 252 g/mol. The summed E-state index contributed by atoms with van der Waals surface area (Å²) in [5, 5.41) is 3.34. The van der Waals surface area contributed by atoms with E-state index in [0.717, 1.165) is 5.56 Å². The number of rotatable bonds is 2. The van der Waals surface area contributed by atoms with E-state index in [1.54, 1.807) is 24.0 Å². The number of nitrogens with zero attached hydrogens (tertiary/aromatic N) is 1. The third-order valence-corrected chi connectivity index (χ3v) is 3.21. The van der Waals surface area contributed by atoms with Crippen LogP contribution in [0.3, 0.4) is 0 Å². The van der Waals surface area contributed by atoms with Crippen LogP contribution in [-0.4, -0.2) is 29.3 Å². The Hall–Kier alpha value is -1.55. The lowest BCUT2D eigenvalue weighted by Gasteiger charge is -2.22. The number of hydrogen-bond donors (Lipinski definition) is 1. The highest BCUT2D eigenvalue weighted by Gasteiger charge is 2.26. The number of benzene rings is 1. The van der Waals surface area contributed by atoms with E-state index in [0.29, 0.717) is 24.5 Å². The highest BCUT2D eigenvalue weighted by Crippen LogP contribution is 2.13. The summed E-state index contributed by atoms with van der Waals surface area (Å²) in [5.41, 5.74) is 1.01. The van der Waals surface area contributed by atoms with E-state index in [9.17, 15) is 9.59 Å². The summed E-state index contributed by atoms with van der Waals surface area (Å²) in [7, 11) is 0. The van der Waals surface area contributed by atoms with Gasteiger partial charge in [0.05, 0.1) is 0 Å². The van der Waals surface area contributed by atoms with Gasteiger partial charge in [-0.05, 0) is 24.6 Å². The molecule has 1 aliphatic rings. The number of carbonyl (C=O) groups is 2. The molecule has 1 N–H and O–H groups in total. The van der Waals surface area contributed by atoms with Crippen molar-refractivity contribution in [2.45, 2.75) is 25.9 Å². The van der Waals surface area contributed by atoms with Crippen LogP contribution in [0, 0.1) is 0 Å². The standard InChI is InChI=1S/C13H15ClN2O2/c1-9-13(18)16(7-6-12(17)15-9)8-10-2-4-11(14)5-3-10/h2-5,9H,6-8H2,1H3,(H,15,17). The van der Waals surface area contributed by atoms with Gasteiger partial charge in [0.2, 0.25) is 11.8 Å². The highest BCUT2D eigenvalue weighted by molar-refractivity contribution is 6.30. The van der Waals surface area contributed by atoms with Gasteiger partial charge in [-0.25, -0.2) is 0 Å². The third kappa shape index (κ3) is 3.01. The van der Waals surface area contributed by atoms with Gasteiger partial charge in [0.25, 0.3) is 0 Å². The number of carbonyl (C=O) groups excluding carboxylic acids is 2. The molecule has 0 radical (unpaired) electrons. The normalized spacial score (nSPS) is 20.6. The van der Waals surface area contributed by atoms with Crippen LogP contribution in [0.15, 0.2) is 24.3 Å². The summed E-state index contributed by atoms with van der Waals surface area (Å²) in [6.45, 7) is 2.67. The van der Waals surface area contributed by atoms with E-state index in [4.69, 9.17) is 11.6 Å². The fourth-order valence-corrected chi connectivity index (χ4v) is 2.09. The Kier molecular flexibility index (Phi) is 3.87. The molecule has 1 aliphatic heterocycles. The van der Waals surface area contributed by atoms with Crippen LogP contribution in [-0.2, 0) is 16.1 Å². The monoisotopic (exact) mass is 266 g/mol. The van der Waals surface area contributed by atoms with E-state index < -0.39 is 6.04 Å². The molecule has 1 aromatic carbocycles. The number of halogens is 1. The van der Waals surface area contributed by atoms with Crippen molar-refractivity contribution < 1.29 is 9.59 Å². The topological polar surface area (TPSA) is 49.4 Å². The molecular formula is C13H15ClN2O2. The minimum absolute atomic E-state index is 0.0456. The maximum atomic E-state index is 12.0. The lowest BCUT2D eigenvalue weighted by atomic mass is 10.2. The van der Waals surface area contributed by atoms with E-state index in [1.807, 2.05) is 12.1 Å². The lowest BCUT2D eigenvalue weighted by Crippen LogP contribution is -2.42. The van der Waals surface area contributed by atoms with Crippen LogP contribution in [0.1, 0.15) is 18.9 Å². The van der Waals surface area contributed by atoms with E-state index in [1.165, 1.54) is 0 Å². The molecule has 1 aromatic rings. The van der Waals surface area contributed by atoms with E-state index in [-0.39, 0.29) is 11.8 Å². The number of hydrogen-bond acceptors (Lipinski definition) is 2. The Morgan fingerprint density at radius 3 is 2.67 bits per heavy atom. The molecule has 2 rings (SSSR count). The SMILES string of the molecule is CC1NC(=O)CCN(Cc2ccc(Cl)cc2)C1=O. The van der Waals surface area contributed by atoms with Crippen LogP contribution in [0.25, 0.3) is 0 Å². The summed E-state index contributed by atoms with van der Waals surface area (Å²) >= 11 is 5.82. The Morgan fingerprint density at radius 2 is 2.00 bits per heavy atom. The average Bonchev–Trinajstić information content (AvgIpc) is 2.46. The molecule has 1 saturated heterocycles. The molecule has 4 nitrogen and oxygen atoms in total. The Morgan fingerprint density at radius 1 is 1.33 bits per heavy atom. The van der Waals surface area contributed by atoms with Gasteiger partial charge in [0.1, 0.15) is 6.04 Å². The van der Waals surface area contributed by atoms with Crippen LogP contribution < -0.4 is 5.32 Å². The summed E-state index contributed by atoms with van der Waals surface area (Å²) in [5.74, 6) is -0.120. The van der Waals surface area contributed by atoms with Gasteiger partial charge in [0, 0.05) is 24.5 Å². The van der Waals surface area contributed by atoms with Gasteiger partial charge in [-0.15, -0.1) is 0 Å². The fraction of sp³-hybridized carbons (Fsp3) is 0.385.